The number of Topliss-reactive ketones (excluding diaryl/α,β-unsaturated/α-hetero) is 1. The van der Waals surface area contributed by atoms with E-state index in [1.54, 1.807) is 0 Å². The van der Waals surface area contributed by atoms with Crippen LogP contribution in [0.2, 0.25) is 0 Å². The molecule has 0 saturated heterocycles. The van der Waals surface area contributed by atoms with E-state index in [4.69, 9.17) is 0 Å². The zero-order valence-electron chi connectivity index (χ0n) is 11.0. The van der Waals surface area contributed by atoms with E-state index < -0.39 is 0 Å². The first-order valence-corrected chi connectivity index (χ1v) is 8.77. The highest BCUT2D eigenvalue weighted by Crippen LogP contribution is 2.29. The van der Waals surface area contributed by atoms with Crippen LogP contribution in [-0.2, 0) is 4.79 Å². The molecule has 0 aromatic heterocycles. The van der Waals surface area contributed by atoms with Crippen LogP contribution in [0.1, 0.15) is 23.0 Å². The zero-order valence-corrected chi connectivity index (χ0v) is 14.2. The molecule has 0 saturated carbocycles. The van der Waals surface area contributed by atoms with Crippen molar-refractivity contribution in [2.24, 2.45) is 0 Å². The average molecular weight is 396 g/mol. The van der Waals surface area contributed by atoms with Gasteiger partial charge in [-0.1, -0.05) is 92.5 Å². The molecule has 0 fully saturated rings. The third-order valence-electron chi connectivity index (χ3n) is 3.40. The molecule has 2 unspecified atom stereocenters. The number of carbonyl (C=O) groups is 1. The molecule has 3 heteroatoms. The Morgan fingerprint density at radius 1 is 0.750 bits per heavy atom. The topological polar surface area (TPSA) is 17.1 Å². The molecule has 0 bridgehead atoms. The van der Waals surface area contributed by atoms with Crippen LogP contribution >= 0.6 is 31.9 Å². The normalized spacial score (nSPS) is 13.7. The van der Waals surface area contributed by atoms with E-state index in [0.717, 1.165) is 11.1 Å². The SMILES string of the molecule is O=C(C(CBr)c1ccccc1)C(CBr)c1ccccc1. The first kappa shape index (κ1) is 15.5. The number of benzene rings is 2. The van der Waals surface area contributed by atoms with Crippen LogP contribution in [0.15, 0.2) is 60.7 Å². The van der Waals surface area contributed by atoms with Crippen molar-refractivity contribution in [3.8, 4) is 0 Å². The summed E-state index contributed by atoms with van der Waals surface area (Å²) in [7, 11) is 0. The maximum absolute atomic E-state index is 12.8. The summed E-state index contributed by atoms with van der Waals surface area (Å²) in [4.78, 5) is 12.8. The van der Waals surface area contributed by atoms with E-state index in [0.29, 0.717) is 10.7 Å². The highest BCUT2D eigenvalue weighted by atomic mass is 79.9. The number of ketones is 1. The van der Waals surface area contributed by atoms with Crippen molar-refractivity contribution >= 4 is 37.6 Å². The monoisotopic (exact) mass is 394 g/mol. The minimum Gasteiger partial charge on any atom is -0.298 e. The molecule has 2 aromatic rings. The van der Waals surface area contributed by atoms with Crippen LogP contribution in [-0.4, -0.2) is 16.4 Å². The van der Waals surface area contributed by atoms with Gasteiger partial charge in [-0.15, -0.1) is 0 Å². The Hall–Kier alpha value is -0.930. The van der Waals surface area contributed by atoms with Crippen molar-refractivity contribution in [3.63, 3.8) is 0 Å². The van der Waals surface area contributed by atoms with Gasteiger partial charge in [-0.3, -0.25) is 4.79 Å². The van der Waals surface area contributed by atoms with Gasteiger partial charge >= 0.3 is 0 Å². The van der Waals surface area contributed by atoms with Crippen LogP contribution in [0.5, 0.6) is 0 Å². The second kappa shape index (κ2) is 7.75. The minimum absolute atomic E-state index is 0.112. The number of carbonyl (C=O) groups excluding carboxylic acids is 1. The summed E-state index contributed by atoms with van der Waals surface area (Å²) in [5.41, 5.74) is 2.13. The first-order valence-electron chi connectivity index (χ1n) is 6.53. The molecule has 104 valence electrons. The van der Waals surface area contributed by atoms with Crippen LogP contribution in [0, 0.1) is 0 Å². The molecule has 0 aliphatic carbocycles. The molecule has 0 aliphatic heterocycles. The van der Waals surface area contributed by atoms with Crippen LogP contribution in [0.25, 0.3) is 0 Å². The minimum atomic E-state index is -0.112. The lowest BCUT2D eigenvalue weighted by atomic mass is 9.86. The van der Waals surface area contributed by atoms with Gasteiger partial charge in [-0.05, 0) is 11.1 Å². The highest BCUT2D eigenvalue weighted by Gasteiger charge is 2.27. The highest BCUT2D eigenvalue weighted by molar-refractivity contribution is 9.09. The maximum Gasteiger partial charge on any atom is 0.149 e. The lowest BCUT2D eigenvalue weighted by Crippen LogP contribution is -2.23. The van der Waals surface area contributed by atoms with Gasteiger partial charge in [0.1, 0.15) is 5.78 Å². The smallest absolute Gasteiger partial charge is 0.149 e. The molecule has 0 amide bonds. The summed E-state index contributed by atoms with van der Waals surface area (Å²) in [6, 6.07) is 19.9. The van der Waals surface area contributed by atoms with Gasteiger partial charge < -0.3 is 0 Å². The molecule has 2 rings (SSSR count). The molecule has 20 heavy (non-hydrogen) atoms. The molecule has 2 aromatic carbocycles. The Balaban J connectivity index is 2.28. The predicted octanol–water partition coefficient (Wildman–Crippen LogP) is 4.91. The van der Waals surface area contributed by atoms with E-state index in [1.807, 2.05) is 60.7 Å². The molecule has 0 aliphatic rings. The molecule has 1 nitrogen and oxygen atoms in total. The van der Waals surface area contributed by atoms with Gasteiger partial charge in [0.05, 0.1) is 11.8 Å². The number of hydrogen-bond acceptors (Lipinski definition) is 1. The summed E-state index contributed by atoms with van der Waals surface area (Å²) in [6.45, 7) is 0. The Morgan fingerprint density at radius 2 is 1.10 bits per heavy atom. The summed E-state index contributed by atoms with van der Waals surface area (Å²) in [5, 5.41) is 1.29. The van der Waals surface area contributed by atoms with E-state index in [2.05, 4.69) is 31.9 Å². The van der Waals surface area contributed by atoms with Gasteiger partial charge in [0.15, 0.2) is 0 Å². The van der Waals surface area contributed by atoms with Gasteiger partial charge in [-0.25, -0.2) is 0 Å². The van der Waals surface area contributed by atoms with Crippen molar-refractivity contribution in [1.82, 2.24) is 0 Å². The van der Waals surface area contributed by atoms with E-state index in [9.17, 15) is 4.79 Å². The molecule has 0 radical (unpaired) electrons. The van der Waals surface area contributed by atoms with Crippen LogP contribution in [0.4, 0.5) is 0 Å². The maximum atomic E-state index is 12.8. The Bertz CT molecular complexity index is 490. The Kier molecular flexibility index (Phi) is 5.99. The molecular weight excluding hydrogens is 380 g/mol. The fourth-order valence-electron chi connectivity index (χ4n) is 2.27. The predicted molar refractivity (Wildman–Crippen MR) is 91.0 cm³/mol. The Labute approximate surface area is 136 Å². The average Bonchev–Trinajstić information content (AvgIpc) is 2.51. The van der Waals surface area contributed by atoms with Crippen molar-refractivity contribution in [2.45, 2.75) is 11.8 Å². The molecule has 2 atom stereocenters. The summed E-state index contributed by atoms with van der Waals surface area (Å²) in [5.74, 6) is 0.0223. The van der Waals surface area contributed by atoms with E-state index >= 15 is 0 Å². The lowest BCUT2D eigenvalue weighted by Gasteiger charge is -2.20. The fourth-order valence-corrected chi connectivity index (χ4v) is 3.66. The number of rotatable bonds is 6. The molecular formula is C17H16Br2O. The van der Waals surface area contributed by atoms with Gasteiger partial charge in [0.2, 0.25) is 0 Å². The van der Waals surface area contributed by atoms with Crippen LogP contribution < -0.4 is 0 Å². The first-order chi connectivity index (χ1) is 9.77. The van der Waals surface area contributed by atoms with Gasteiger partial charge in [-0.2, -0.15) is 0 Å². The zero-order chi connectivity index (χ0) is 14.4. The van der Waals surface area contributed by atoms with Crippen molar-refractivity contribution in [3.05, 3.63) is 71.8 Å². The van der Waals surface area contributed by atoms with Crippen LogP contribution in [0.3, 0.4) is 0 Å². The lowest BCUT2D eigenvalue weighted by molar-refractivity contribution is -0.121. The second-order valence-corrected chi connectivity index (χ2v) is 5.93. The summed E-state index contributed by atoms with van der Waals surface area (Å²) >= 11 is 6.97. The standard InChI is InChI=1S/C17H16Br2O/c18-11-15(13-7-3-1-4-8-13)17(20)16(12-19)14-9-5-2-6-10-14/h1-10,15-16H,11-12H2. The number of halogens is 2. The van der Waals surface area contributed by atoms with Crippen molar-refractivity contribution in [1.29, 1.82) is 0 Å². The number of hydrogen-bond donors (Lipinski definition) is 0. The molecule has 0 N–H and O–H groups in total. The summed E-state index contributed by atoms with van der Waals surface area (Å²) in [6.07, 6.45) is 0. The van der Waals surface area contributed by atoms with Gasteiger partial charge in [0.25, 0.3) is 0 Å². The molecule has 0 heterocycles. The molecule has 0 spiro atoms. The third kappa shape index (κ3) is 3.58. The third-order valence-corrected chi connectivity index (χ3v) is 4.69. The van der Waals surface area contributed by atoms with Crippen molar-refractivity contribution < 1.29 is 4.79 Å². The number of alkyl halides is 2. The fraction of sp³-hybridized carbons (Fsp3) is 0.235. The quantitative estimate of drug-likeness (QED) is 0.635. The largest absolute Gasteiger partial charge is 0.298 e. The second-order valence-electron chi connectivity index (χ2n) is 4.64. The van der Waals surface area contributed by atoms with E-state index in [1.165, 1.54) is 0 Å². The Morgan fingerprint density at radius 3 is 1.40 bits per heavy atom. The van der Waals surface area contributed by atoms with Crippen molar-refractivity contribution in [2.75, 3.05) is 10.7 Å². The summed E-state index contributed by atoms with van der Waals surface area (Å²) < 4.78 is 0. The van der Waals surface area contributed by atoms with E-state index in [-0.39, 0.29) is 17.6 Å². The van der Waals surface area contributed by atoms with Gasteiger partial charge in [0, 0.05) is 10.7 Å².